The Kier molecular flexibility index (Phi) is 3.58. The Morgan fingerprint density at radius 2 is 2.17 bits per heavy atom. The molecule has 0 saturated heterocycles. The average Bonchev–Trinajstić information content (AvgIpc) is 2.69. The molecule has 8 heteroatoms. The molecule has 0 saturated carbocycles. The van der Waals surface area contributed by atoms with E-state index in [4.69, 9.17) is 12.2 Å². The second-order valence-corrected chi connectivity index (χ2v) is 5.07. The molecule has 1 N–H and O–H groups in total. The lowest BCUT2D eigenvalue weighted by molar-refractivity contribution is -0.135. The van der Waals surface area contributed by atoms with Gasteiger partial charge in [0.2, 0.25) is 0 Å². The van der Waals surface area contributed by atoms with Gasteiger partial charge in [0.15, 0.2) is 4.77 Å². The van der Waals surface area contributed by atoms with E-state index in [1.165, 1.54) is 15.9 Å². The quantitative estimate of drug-likeness (QED) is 0.880. The molecule has 0 aliphatic rings. The second kappa shape index (κ2) is 4.85. The summed E-state index contributed by atoms with van der Waals surface area (Å²) in [5, 5.41) is 1.73. The summed E-state index contributed by atoms with van der Waals surface area (Å²) in [5.74, 6) is 0. The minimum Gasteiger partial charge on any atom is -0.331 e. The maximum atomic E-state index is 12.0. The summed E-state index contributed by atoms with van der Waals surface area (Å²) in [7, 11) is 0. The van der Waals surface area contributed by atoms with Crippen molar-refractivity contribution in [1.82, 2.24) is 9.55 Å². The van der Waals surface area contributed by atoms with Crippen LogP contribution in [0.3, 0.4) is 0 Å². The zero-order valence-electron chi connectivity index (χ0n) is 9.08. The first kappa shape index (κ1) is 13.3. The normalized spacial score (nSPS) is 12.2. The molecule has 0 aliphatic carbocycles. The van der Waals surface area contributed by atoms with Crippen LogP contribution in [0.5, 0.6) is 0 Å². The average molecular weight is 294 g/mol. The number of aromatic amines is 1. The highest BCUT2D eigenvalue weighted by atomic mass is 32.1. The van der Waals surface area contributed by atoms with E-state index in [1.807, 2.05) is 0 Å². The Balaban J connectivity index is 2.28. The standard InChI is InChI=1S/C10H9F3N2OS2/c11-10(12,13)3-1-4-15-8(16)7-6(2-5-18-7)14-9(15)17/h2,5H,1,3-4H2,(H,14,17). The Morgan fingerprint density at radius 1 is 1.44 bits per heavy atom. The summed E-state index contributed by atoms with van der Waals surface area (Å²) in [6.45, 7) is -0.0263. The first-order valence-electron chi connectivity index (χ1n) is 5.15. The maximum absolute atomic E-state index is 12.0. The third-order valence-electron chi connectivity index (χ3n) is 2.43. The van der Waals surface area contributed by atoms with Crippen LogP contribution in [0.2, 0.25) is 0 Å². The number of hydrogen-bond acceptors (Lipinski definition) is 3. The van der Waals surface area contributed by atoms with Crippen LogP contribution < -0.4 is 5.56 Å². The van der Waals surface area contributed by atoms with Crippen molar-refractivity contribution < 1.29 is 13.2 Å². The summed E-state index contributed by atoms with van der Waals surface area (Å²) in [4.78, 5) is 14.8. The number of nitrogens with zero attached hydrogens (tertiary/aromatic N) is 1. The van der Waals surface area contributed by atoms with E-state index in [0.29, 0.717) is 10.2 Å². The molecule has 3 nitrogen and oxygen atoms in total. The van der Waals surface area contributed by atoms with Crippen LogP contribution in [0.1, 0.15) is 12.8 Å². The smallest absolute Gasteiger partial charge is 0.331 e. The molecule has 0 aromatic carbocycles. The van der Waals surface area contributed by atoms with Crippen molar-refractivity contribution in [2.45, 2.75) is 25.6 Å². The van der Waals surface area contributed by atoms with Crippen molar-refractivity contribution in [3.63, 3.8) is 0 Å². The highest BCUT2D eigenvalue weighted by Gasteiger charge is 2.26. The number of hydrogen-bond donors (Lipinski definition) is 1. The van der Waals surface area contributed by atoms with Crippen LogP contribution in [-0.2, 0) is 6.54 Å². The summed E-state index contributed by atoms with van der Waals surface area (Å²) in [6, 6.07) is 1.72. The SMILES string of the molecule is O=c1c2sccc2[nH]c(=S)n1CCCC(F)(F)F. The number of halogens is 3. The van der Waals surface area contributed by atoms with Crippen molar-refractivity contribution in [3.8, 4) is 0 Å². The molecule has 2 aromatic rings. The van der Waals surface area contributed by atoms with Crippen LogP contribution in [0, 0.1) is 4.77 Å². The van der Waals surface area contributed by atoms with Gasteiger partial charge in [0.05, 0.1) is 5.52 Å². The molecule has 2 aromatic heterocycles. The molecule has 0 bridgehead atoms. The largest absolute Gasteiger partial charge is 0.389 e. The van der Waals surface area contributed by atoms with Gasteiger partial charge in [-0.2, -0.15) is 13.2 Å². The number of aromatic nitrogens is 2. The lowest BCUT2D eigenvalue weighted by Gasteiger charge is -2.08. The Bertz CT molecular complexity index is 668. The highest BCUT2D eigenvalue weighted by Crippen LogP contribution is 2.21. The molecule has 0 spiro atoms. The molecule has 0 unspecified atom stereocenters. The number of rotatable bonds is 3. The van der Waals surface area contributed by atoms with Gasteiger partial charge in [0, 0.05) is 13.0 Å². The highest BCUT2D eigenvalue weighted by molar-refractivity contribution is 7.71. The lowest BCUT2D eigenvalue weighted by atomic mass is 10.3. The first-order valence-corrected chi connectivity index (χ1v) is 6.44. The molecule has 0 fully saturated rings. The fraction of sp³-hybridized carbons (Fsp3) is 0.400. The van der Waals surface area contributed by atoms with Crippen molar-refractivity contribution in [2.24, 2.45) is 0 Å². The summed E-state index contributed by atoms with van der Waals surface area (Å²) in [5.41, 5.74) is 0.299. The molecule has 2 heterocycles. The zero-order chi connectivity index (χ0) is 13.3. The van der Waals surface area contributed by atoms with Gasteiger partial charge in [-0.3, -0.25) is 9.36 Å². The van der Waals surface area contributed by atoms with Crippen LogP contribution in [0.4, 0.5) is 13.2 Å². The van der Waals surface area contributed by atoms with Crippen LogP contribution in [-0.4, -0.2) is 15.7 Å². The molecular weight excluding hydrogens is 285 g/mol. The number of fused-ring (bicyclic) bond motifs is 1. The minimum atomic E-state index is -4.21. The zero-order valence-corrected chi connectivity index (χ0v) is 10.7. The molecule has 18 heavy (non-hydrogen) atoms. The van der Waals surface area contributed by atoms with E-state index in [-0.39, 0.29) is 23.3 Å². The summed E-state index contributed by atoms with van der Waals surface area (Å²) >= 11 is 6.21. The van der Waals surface area contributed by atoms with E-state index in [9.17, 15) is 18.0 Å². The predicted molar refractivity (Wildman–Crippen MR) is 66.6 cm³/mol. The molecule has 0 radical (unpaired) electrons. The second-order valence-electron chi connectivity index (χ2n) is 3.77. The Morgan fingerprint density at radius 3 is 2.83 bits per heavy atom. The Hall–Kier alpha value is -1.15. The first-order chi connectivity index (χ1) is 8.38. The number of alkyl halides is 3. The van der Waals surface area contributed by atoms with E-state index >= 15 is 0 Å². The van der Waals surface area contributed by atoms with Gasteiger partial charge < -0.3 is 4.98 Å². The molecular formula is C10H9F3N2OS2. The summed E-state index contributed by atoms with van der Waals surface area (Å²) in [6.07, 6.45) is -5.28. The van der Waals surface area contributed by atoms with Crippen LogP contribution in [0.15, 0.2) is 16.2 Å². The van der Waals surface area contributed by atoms with Gasteiger partial charge in [-0.15, -0.1) is 11.3 Å². The minimum absolute atomic E-state index is 0.0263. The van der Waals surface area contributed by atoms with Gasteiger partial charge in [-0.05, 0) is 30.1 Å². The third-order valence-corrected chi connectivity index (χ3v) is 3.66. The fourth-order valence-electron chi connectivity index (χ4n) is 1.61. The van der Waals surface area contributed by atoms with Crippen LogP contribution >= 0.6 is 23.6 Å². The van der Waals surface area contributed by atoms with E-state index < -0.39 is 12.6 Å². The topological polar surface area (TPSA) is 37.8 Å². The molecule has 98 valence electrons. The predicted octanol–water partition coefficient (Wildman–Crippen LogP) is 3.46. The maximum Gasteiger partial charge on any atom is 0.389 e. The van der Waals surface area contributed by atoms with Gasteiger partial charge in [-0.25, -0.2) is 0 Å². The van der Waals surface area contributed by atoms with Gasteiger partial charge in [0.1, 0.15) is 4.70 Å². The van der Waals surface area contributed by atoms with Crippen molar-refractivity contribution in [3.05, 3.63) is 26.6 Å². The third kappa shape index (κ3) is 2.81. The fourth-order valence-corrected chi connectivity index (χ4v) is 2.69. The molecule has 0 aliphatic heterocycles. The van der Waals surface area contributed by atoms with Gasteiger partial charge in [-0.1, -0.05) is 0 Å². The van der Waals surface area contributed by atoms with Crippen molar-refractivity contribution in [2.75, 3.05) is 0 Å². The lowest BCUT2D eigenvalue weighted by Crippen LogP contribution is -2.22. The molecule has 0 atom stereocenters. The van der Waals surface area contributed by atoms with Crippen LogP contribution in [0.25, 0.3) is 10.2 Å². The van der Waals surface area contributed by atoms with E-state index in [2.05, 4.69) is 4.98 Å². The Labute approximate surface area is 109 Å². The van der Waals surface area contributed by atoms with Gasteiger partial charge >= 0.3 is 6.18 Å². The summed E-state index contributed by atoms with van der Waals surface area (Å²) < 4.78 is 38.0. The van der Waals surface area contributed by atoms with Gasteiger partial charge in [0.25, 0.3) is 5.56 Å². The van der Waals surface area contributed by atoms with E-state index in [0.717, 1.165) is 0 Å². The monoisotopic (exact) mass is 294 g/mol. The number of nitrogens with one attached hydrogen (secondary N) is 1. The number of thiophene rings is 1. The molecule has 0 amide bonds. The molecule has 2 rings (SSSR count). The number of H-pyrrole nitrogens is 1. The van der Waals surface area contributed by atoms with Crippen molar-refractivity contribution in [1.29, 1.82) is 0 Å². The van der Waals surface area contributed by atoms with E-state index in [1.54, 1.807) is 11.4 Å². The van der Waals surface area contributed by atoms with Crippen molar-refractivity contribution >= 4 is 33.8 Å².